The Morgan fingerprint density at radius 2 is 1.84 bits per heavy atom. The maximum absolute atomic E-state index is 13.7. The number of morpholine rings is 1. The van der Waals surface area contributed by atoms with Crippen LogP contribution in [-0.2, 0) is 29.7 Å². The molecular formula is C34H34ClN5O4. The van der Waals surface area contributed by atoms with Crippen molar-refractivity contribution in [2.45, 2.75) is 30.7 Å². The van der Waals surface area contributed by atoms with Crippen LogP contribution in [-0.4, -0.2) is 53.4 Å². The number of carbonyl (C=O) groups is 1. The summed E-state index contributed by atoms with van der Waals surface area (Å²) in [4.78, 5) is 35.1. The lowest BCUT2D eigenvalue weighted by atomic mass is 9.93. The normalized spacial score (nSPS) is 17.4. The van der Waals surface area contributed by atoms with Crippen molar-refractivity contribution < 1.29 is 14.6 Å². The zero-order chi connectivity index (χ0) is 30.4. The van der Waals surface area contributed by atoms with Crippen LogP contribution in [0.1, 0.15) is 39.9 Å². The second-order valence-corrected chi connectivity index (χ2v) is 12.4. The van der Waals surface area contributed by atoms with Crippen molar-refractivity contribution >= 4 is 40.4 Å². The largest absolute Gasteiger partial charge is 0.392 e. The van der Waals surface area contributed by atoms with Crippen LogP contribution in [0, 0.1) is 0 Å². The van der Waals surface area contributed by atoms with E-state index in [1.165, 1.54) is 4.57 Å². The topological polar surface area (TPSA) is 99.9 Å². The summed E-state index contributed by atoms with van der Waals surface area (Å²) in [7, 11) is 1.69. The lowest BCUT2D eigenvalue weighted by Crippen LogP contribution is -2.38. The zero-order valence-corrected chi connectivity index (χ0v) is 25.3. The second kappa shape index (κ2) is 11.4. The van der Waals surface area contributed by atoms with Gasteiger partial charge in [-0.2, -0.15) is 0 Å². The molecule has 7 rings (SSSR count). The van der Waals surface area contributed by atoms with Crippen molar-refractivity contribution in [1.82, 2.24) is 9.55 Å². The van der Waals surface area contributed by atoms with E-state index in [1.807, 2.05) is 42.5 Å². The predicted octanol–water partition coefficient (Wildman–Crippen LogP) is 4.95. The molecule has 1 amide bonds. The molecule has 2 fully saturated rings. The van der Waals surface area contributed by atoms with Gasteiger partial charge in [0.2, 0.25) is 0 Å². The minimum atomic E-state index is -0.278. The number of anilines is 4. The molecule has 1 aliphatic carbocycles. The third-order valence-corrected chi connectivity index (χ3v) is 9.47. The number of carbonyl (C=O) groups excluding carboxylic acids is 1. The third kappa shape index (κ3) is 5.25. The summed E-state index contributed by atoms with van der Waals surface area (Å²) in [6.45, 7) is 3.23. The SMILES string of the molecule is Cn1cc(-c2cccc(N3CCc4cc(C5(Cl)CC5)ccc4C3=O)c2CO)cc(Nc2ccc(N3CCOCC3)cn2)c1=O. The van der Waals surface area contributed by atoms with E-state index in [4.69, 9.17) is 16.3 Å². The van der Waals surface area contributed by atoms with Gasteiger partial charge in [-0.3, -0.25) is 9.59 Å². The maximum atomic E-state index is 13.7. The van der Waals surface area contributed by atoms with Gasteiger partial charge >= 0.3 is 0 Å². The van der Waals surface area contributed by atoms with Crippen LogP contribution in [0.3, 0.4) is 0 Å². The van der Waals surface area contributed by atoms with Crippen molar-refractivity contribution in [3.8, 4) is 11.1 Å². The Balaban J connectivity index is 1.18. The number of ether oxygens (including phenoxy) is 1. The van der Waals surface area contributed by atoms with Gasteiger partial charge < -0.3 is 29.5 Å². The van der Waals surface area contributed by atoms with Gasteiger partial charge in [-0.15, -0.1) is 11.6 Å². The molecule has 44 heavy (non-hydrogen) atoms. The van der Waals surface area contributed by atoms with Crippen LogP contribution in [0.15, 0.2) is 71.8 Å². The molecule has 1 saturated heterocycles. The number of hydrogen-bond acceptors (Lipinski definition) is 7. The van der Waals surface area contributed by atoms with Crippen molar-refractivity contribution in [3.63, 3.8) is 0 Å². The van der Waals surface area contributed by atoms with Gasteiger partial charge in [-0.25, -0.2) is 4.98 Å². The molecule has 2 aromatic carbocycles. The van der Waals surface area contributed by atoms with Crippen LogP contribution in [0.2, 0.25) is 0 Å². The number of fused-ring (bicyclic) bond motifs is 1. The van der Waals surface area contributed by atoms with Crippen molar-refractivity contribution in [3.05, 3.63) is 99.6 Å². The van der Waals surface area contributed by atoms with Crippen LogP contribution >= 0.6 is 11.6 Å². The number of aliphatic hydroxyl groups is 1. The van der Waals surface area contributed by atoms with Gasteiger partial charge in [-0.05, 0) is 66.3 Å². The monoisotopic (exact) mass is 611 g/mol. The molecule has 3 aliphatic rings. The number of halogens is 1. The number of alkyl halides is 1. The number of aromatic nitrogens is 2. The Bertz CT molecular complexity index is 1790. The molecule has 0 atom stereocenters. The first-order valence-corrected chi connectivity index (χ1v) is 15.4. The number of rotatable bonds is 7. The summed E-state index contributed by atoms with van der Waals surface area (Å²) in [5.41, 5.74) is 6.67. The number of hydrogen-bond donors (Lipinski definition) is 2. The molecule has 2 aliphatic heterocycles. The Morgan fingerprint density at radius 3 is 2.57 bits per heavy atom. The fourth-order valence-electron chi connectivity index (χ4n) is 6.21. The van der Waals surface area contributed by atoms with Crippen LogP contribution in [0.4, 0.5) is 22.9 Å². The molecule has 2 aromatic heterocycles. The molecule has 226 valence electrons. The summed E-state index contributed by atoms with van der Waals surface area (Å²) in [5, 5.41) is 13.8. The summed E-state index contributed by atoms with van der Waals surface area (Å²) in [5.74, 6) is 0.452. The van der Waals surface area contributed by atoms with Gasteiger partial charge in [0, 0.05) is 49.6 Å². The fraction of sp³-hybridized carbons (Fsp3) is 0.324. The number of benzene rings is 2. The van der Waals surface area contributed by atoms with Crippen LogP contribution in [0.5, 0.6) is 0 Å². The molecule has 0 unspecified atom stereocenters. The highest BCUT2D eigenvalue weighted by Gasteiger charge is 2.43. The van der Waals surface area contributed by atoms with E-state index in [0.29, 0.717) is 54.5 Å². The minimum absolute atomic E-state index is 0.0986. The van der Waals surface area contributed by atoms with Gasteiger partial charge in [0.1, 0.15) is 11.5 Å². The van der Waals surface area contributed by atoms with Gasteiger partial charge in [-0.1, -0.05) is 24.3 Å². The first-order chi connectivity index (χ1) is 21.3. The summed E-state index contributed by atoms with van der Waals surface area (Å²) >= 11 is 6.64. The van der Waals surface area contributed by atoms with Crippen molar-refractivity contribution in [2.75, 3.05) is 48.0 Å². The molecule has 0 radical (unpaired) electrons. The zero-order valence-electron chi connectivity index (χ0n) is 24.6. The summed E-state index contributed by atoms with van der Waals surface area (Å²) in [6, 6.07) is 17.2. The molecule has 4 heterocycles. The average Bonchev–Trinajstić information content (AvgIpc) is 3.82. The van der Waals surface area contributed by atoms with Crippen LogP contribution in [0.25, 0.3) is 11.1 Å². The van der Waals surface area contributed by atoms with E-state index in [-0.39, 0.29) is 22.9 Å². The van der Waals surface area contributed by atoms with Gasteiger partial charge in [0.05, 0.1) is 42.3 Å². The highest BCUT2D eigenvalue weighted by atomic mass is 35.5. The van der Waals surface area contributed by atoms with Gasteiger partial charge in [0.15, 0.2) is 0 Å². The number of pyridine rings is 2. The highest BCUT2D eigenvalue weighted by Crippen LogP contribution is 2.52. The molecular weight excluding hydrogens is 578 g/mol. The number of aryl methyl sites for hydroxylation is 1. The Labute approximate surface area is 260 Å². The van der Waals surface area contributed by atoms with E-state index < -0.39 is 0 Å². The van der Waals surface area contributed by atoms with Crippen molar-refractivity contribution in [1.29, 1.82) is 0 Å². The molecule has 0 spiro atoms. The Kier molecular flexibility index (Phi) is 7.40. The lowest BCUT2D eigenvalue weighted by molar-refractivity contribution is 0.0980. The predicted molar refractivity (Wildman–Crippen MR) is 172 cm³/mol. The van der Waals surface area contributed by atoms with E-state index >= 15 is 0 Å². The maximum Gasteiger partial charge on any atom is 0.274 e. The molecule has 10 heteroatoms. The molecule has 0 bridgehead atoms. The Morgan fingerprint density at radius 1 is 1.02 bits per heavy atom. The van der Waals surface area contributed by atoms with E-state index in [1.54, 1.807) is 30.4 Å². The highest BCUT2D eigenvalue weighted by molar-refractivity contribution is 6.26. The third-order valence-electron chi connectivity index (χ3n) is 8.87. The number of amides is 1. The number of nitrogens with one attached hydrogen (secondary N) is 1. The standard InChI is InChI=1S/C34H34ClN5O4/c1-38-20-23(18-29(33(38)43)37-31-8-6-25(19-36-31)39-13-15-44-16-14-39)26-3-2-4-30(28(26)21-41)40-12-9-22-17-24(34(35)10-11-34)5-7-27(22)32(40)42/h2-8,17-20,41H,9-16,21H2,1H3,(H,36,37). The summed E-state index contributed by atoms with van der Waals surface area (Å²) < 4.78 is 6.95. The molecule has 9 nitrogen and oxygen atoms in total. The van der Waals surface area contributed by atoms with Crippen LogP contribution < -0.4 is 20.7 Å². The first-order valence-electron chi connectivity index (χ1n) is 15.0. The first kappa shape index (κ1) is 28.6. The average molecular weight is 612 g/mol. The van der Waals surface area contributed by atoms with E-state index in [0.717, 1.165) is 53.9 Å². The molecule has 1 saturated carbocycles. The number of aliphatic hydroxyl groups excluding tert-OH is 1. The van der Waals surface area contributed by atoms with E-state index in [2.05, 4.69) is 21.3 Å². The molecule has 2 N–H and O–H groups in total. The van der Waals surface area contributed by atoms with E-state index in [9.17, 15) is 14.7 Å². The minimum Gasteiger partial charge on any atom is -0.392 e. The summed E-state index contributed by atoms with van der Waals surface area (Å²) in [6.07, 6.45) is 6.15. The molecule has 4 aromatic rings. The van der Waals surface area contributed by atoms with Crippen molar-refractivity contribution in [2.24, 2.45) is 7.05 Å². The quantitative estimate of drug-likeness (QED) is 0.285. The number of nitrogens with zero attached hydrogens (tertiary/aromatic N) is 4. The fourth-order valence-corrected chi connectivity index (χ4v) is 6.43. The smallest absolute Gasteiger partial charge is 0.274 e. The second-order valence-electron chi connectivity index (χ2n) is 11.7. The lowest BCUT2D eigenvalue weighted by Gasteiger charge is -2.31. The van der Waals surface area contributed by atoms with Gasteiger partial charge in [0.25, 0.3) is 11.5 Å². The Hall–Kier alpha value is -4.18.